The van der Waals surface area contributed by atoms with Crippen molar-refractivity contribution < 1.29 is 20.1 Å². The Morgan fingerprint density at radius 1 is 0.500 bits per heavy atom. The lowest BCUT2D eigenvalue weighted by Gasteiger charge is -2.00. The van der Waals surface area contributed by atoms with Gasteiger partial charge >= 0.3 is 15.4 Å². The molecule has 0 aliphatic carbocycles. The minimum Gasteiger partial charge on any atom is -0.430 e. The van der Waals surface area contributed by atoms with Crippen LogP contribution in [0.5, 0.6) is 0 Å². The first-order chi connectivity index (χ1) is 9.76. The van der Waals surface area contributed by atoms with E-state index in [0.29, 0.717) is 0 Å². The summed E-state index contributed by atoms with van der Waals surface area (Å²) in [5.74, 6) is 0. The van der Waals surface area contributed by atoms with E-state index in [2.05, 4.69) is 60.7 Å². The molecule has 0 unspecified atom stereocenters. The Kier molecular flexibility index (Phi) is 7.39. The van der Waals surface area contributed by atoms with E-state index in [9.17, 15) is 0 Å². The predicted molar refractivity (Wildman–Crippen MR) is 84.6 cm³/mol. The molecule has 0 spiro atoms. The molecular formula is C14H16B2O4. The molecule has 20 heavy (non-hydrogen) atoms. The van der Waals surface area contributed by atoms with Crippen molar-refractivity contribution in [1.29, 1.82) is 0 Å². The predicted octanol–water partition coefficient (Wildman–Crippen LogP) is 0.468. The highest BCUT2D eigenvalue weighted by molar-refractivity contribution is 6.13. The van der Waals surface area contributed by atoms with E-state index in [1.54, 1.807) is 0 Å². The van der Waals surface area contributed by atoms with Gasteiger partial charge in [-0.15, -0.1) is 0 Å². The summed E-state index contributed by atoms with van der Waals surface area (Å²) in [6.45, 7) is 0. The molecule has 0 bridgehead atoms. The van der Waals surface area contributed by atoms with E-state index in [-0.39, 0.29) is 0 Å². The first-order valence-corrected chi connectivity index (χ1v) is 6.07. The second-order valence-corrected chi connectivity index (χ2v) is 3.83. The molecule has 6 heteroatoms. The van der Waals surface area contributed by atoms with Gasteiger partial charge in [0.15, 0.2) is 0 Å². The van der Waals surface area contributed by atoms with Crippen molar-refractivity contribution in [2.24, 2.45) is 0 Å². The number of rotatable bonds is 0. The Morgan fingerprint density at radius 2 is 0.700 bits per heavy atom. The topological polar surface area (TPSA) is 80.9 Å². The Labute approximate surface area is 118 Å². The molecule has 0 heterocycles. The van der Waals surface area contributed by atoms with Crippen molar-refractivity contribution in [3.8, 4) is 0 Å². The number of fused-ring (bicyclic) bond motifs is 2. The highest BCUT2D eigenvalue weighted by Crippen LogP contribution is 2.21. The van der Waals surface area contributed by atoms with Gasteiger partial charge in [0, 0.05) is 0 Å². The monoisotopic (exact) mass is 270 g/mol. The van der Waals surface area contributed by atoms with E-state index in [1.807, 2.05) is 0 Å². The largest absolute Gasteiger partial charge is 0.432 e. The van der Waals surface area contributed by atoms with Crippen molar-refractivity contribution in [3.63, 3.8) is 0 Å². The molecule has 3 rings (SSSR count). The Bertz CT molecular complexity index is 539. The van der Waals surface area contributed by atoms with Crippen LogP contribution in [0.2, 0.25) is 0 Å². The van der Waals surface area contributed by atoms with Gasteiger partial charge in [-0.3, -0.25) is 0 Å². The normalized spacial score (nSPS) is 9.00. The zero-order valence-electron chi connectivity index (χ0n) is 11.0. The maximum Gasteiger partial charge on any atom is 0.432 e. The van der Waals surface area contributed by atoms with Gasteiger partial charge in [0.25, 0.3) is 0 Å². The lowest BCUT2D eigenvalue weighted by atomic mass is 10.0. The molecule has 0 amide bonds. The molecular weight excluding hydrogens is 254 g/mol. The Balaban J connectivity index is 0.000000290. The average molecular weight is 270 g/mol. The van der Waals surface area contributed by atoms with Gasteiger partial charge in [-0.05, 0) is 33.7 Å². The summed E-state index contributed by atoms with van der Waals surface area (Å²) >= 11 is 0. The van der Waals surface area contributed by atoms with Crippen molar-refractivity contribution >= 4 is 36.9 Å². The summed E-state index contributed by atoms with van der Waals surface area (Å²) < 4.78 is 0. The molecule has 0 aliphatic rings. The second kappa shape index (κ2) is 9.12. The first-order valence-electron chi connectivity index (χ1n) is 6.07. The van der Waals surface area contributed by atoms with Crippen LogP contribution in [0, 0.1) is 0 Å². The zero-order valence-corrected chi connectivity index (χ0v) is 11.0. The van der Waals surface area contributed by atoms with Gasteiger partial charge in [0.05, 0.1) is 0 Å². The lowest BCUT2D eigenvalue weighted by molar-refractivity contribution is 0.447. The fraction of sp³-hybridized carbons (Fsp3) is 0. The van der Waals surface area contributed by atoms with Crippen LogP contribution >= 0.6 is 0 Å². The number of hydrogen-bond acceptors (Lipinski definition) is 4. The SMILES string of the molecule is OBO.OBO.c1ccc2cc3ccccc3cc2c1. The van der Waals surface area contributed by atoms with Crippen LogP contribution in [-0.2, 0) is 0 Å². The molecule has 102 valence electrons. The third-order valence-corrected chi connectivity index (χ3v) is 2.61. The van der Waals surface area contributed by atoms with Crippen LogP contribution in [0.1, 0.15) is 0 Å². The van der Waals surface area contributed by atoms with Gasteiger partial charge in [-0.2, -0.15) is 0 Å². The van der Waals surface area contributed by atoms with Gasteiger partial charge in [-0.1, -0.05) is 48.5 Å². The van der Waals surface area contributed by atoms with Crippen LogP contribution in [0.4, 0.5) is 0 Å². The molecule has 0 radical (unpaired) electrons. The third-order valence-electron chi connectivity index (χ3n) is 2.61. The van der Waals surface area contributed by atoms with Crippen molar-refractivity contribution in [3.05, 3.63) is 60.7 Å². The fourth-order valence-corrected chi connectivity index (χ4v) is 1.88. The molecule has 4 nitrogen and oxygen atoms in total. The highest BCUT2D eigenvalue weighted by Gasteiger charge is 1.95. The van der Waals surface area contributed by atoms with Crippen LogP contribution in [0.25, 0.3) is 21.5 Å². The van der Waals surface area contributed by atoms with Crippen molar-refractivity contribution in [2.75, 3.05) is 0 Å². The third kappa shape index (κ3) is 4.68. The summed E-state index contributed by atoms with van der Waals surface area (Å²) in [6, 6.07) is 21.4. The summed E-state index contributed by atoms with van der Waals surface area (Å²) in [6.07, 6.45) is 0. The second-order valence-electron chi connectivity index (χ2n) is 3.83. The molecule has 0 atom stereocenters. The quantitative estimate of drug-likeness (QED) is 0.353. The summed E-state index contributed by atoms with van der Waals surface area (Å²) in [5.41, 5.74) is 0. The maximum atomic E-state index is 7.12. The molecule has 0 saturated carbocycles. The summed E-state index contributed by atoms with van der Waals surface area (Å²) in [4.78, 5) is 0. The fourth-order valence-electron chi connectivity index (χ4n) is 1.88. The van der Waals surface area contributed by atoms with Crippen molar-refractivity contribution in [2.45, 2.75) is 0 Å². The van der Waals surface area contributed by atoms with Crippen molar-refractivity contribution in [1.82, 2.24) is 0 Å². The zero-order chi connectivity index (χ0) is 14.8. The summed E-state index contributed by atoms with van der Waals surface area (Å²) in [7, 11) is -1.50. The van der Waals surface area contributed by atoms with Gasteiger partial charge in [0.2, 0.25) is 0 Å². The first kappa shape index (κ1) is 16.2. The maximum absolute atomic E-state index is 7.12. The standard InChI is InChI=1S/C14H10.2BH3O2/c1-2-6-12-10-14-8-4-3-7-13(14)9-11(12)5-1;2*2-1-3/h1-10H;2*1-3H. The van der Waals surface area contributed by atoms with Gasteiger partial charge in [0.1, 0.15) is 0 Å². The van der Waals surface area contributed by atoms with Crippen LogP contribution < -0.4 is 0 Å². The minimum absolute atomic E-state index is 0.750. The molecule has 0 fully saturated rings. The van der Waals surface area contributed by atoms with Crippen LogP contribution in [0.15, 0.2) is 60.7 Å². The van der Waals surface area contributed by atoms with E-state index >= 15 is 0 Å². The summed E-state index contributed by atoms with van der Waals surface area (Å²) in [5, 5.41) is 33.7. The van der Waals surface area contributed by atoms with Crippen LogP contribution in [-0.4, -0.2) is 35.5 Å². The van der Waals surface area contributed by atoms with Gasteiger partial charge in [-0.25, -0.2) is 0 Å². The molecule has 3 aromatic rings. The average Bonchev–Trinajstić information content (AvgIpc) is 2.47. The number of benzene rings is 3. The lowest BCUT2D eigenvalue weighted by Crippen LogP contribution is -1.75. The highest BCUT2D eigenvalue weighted by atomic mass is 16.4. The molecule has 4 N–H and O–H groups in total. The molecule has 0 aliphatic heterocycles. The van der Waals surface area contributed by atoms with E-state index in [4.69, 9.17) is 20.1 Å². The Morgan fingerprint density at radius 3 is 0.900 bits per heavy atom. The van der Waals surface area contributed by atoms with E-state index in [1.165, 1.54) is 21.5 Å². The van der Waals surface area contributed by atoms with E-state index in [0.717, 1.165) is 0 Å². The molecule has 3 aromatic carbocycles. The minimum atomic E-state index is -0.750. The number of hydrogen-bond donors (Lipinski definition) is 4. The van der Waals surface area contributed by atoms with Gasteiger partial charge < -0.3 is 20.1 Å². The molecule has 0 saturated heterocycles. The van der Waals surface area contributed by atoms with E-state index < -0.39 is 15.4 Å². The van der Waals surface area contributed by atoms with Crippen LogP contribution in [0.3, 0.4) is 0 Å². The molecule has 0 aromatic heterocycles. The smallest absolute Gasteiger partial charge is 0.430 e. The Hall–Kier alpha value is -1.85.